The Bertz CT molecular complexity index is 768. The lowest BCUT2D eigenvalue weighted by Crippen LogP contribution is -2.42. The summed E-state index contributed by atoms with van der Waals surface area (Å²) >= 11 is 6.03. The molecule has 0 aliphatic heterocycles. The molecule has 0 aliphatic rings. The fourth-order valence-electron chi connectivity index (χ4n) is 2.48. The minimum atomic E-state index is -1.06. The summed E-state index contributed by atoms with van der Waals surface area (Å²) in [4.78, 5) is 23.5. The molecule has 2 aromatic rings. The molecular formula is C20H24ClN3O3. The standard InChI is InChI=1S/C20H24ClN3O3/c1-14-7-8-16(11-17(14)21)24-19(25)12-18(20(26)27)23-10-9-22-13-15-5-3-2-4-6-15/h2-8,11,18,22-23H,9-10,12-13H2,1H3,(H,24,25)(H,26,27)/t18-/m0/s1. The van der Waals surface area contributed by atoms with Gasteiger partial charge in [0.1, 0.15) is 6.04 Å². The van der Waals surface area contributed by atoms with Crippen molar-refractivity contribution in [3.8, 4) is 0 Å². The molecule has 2 aromatic carbocycles. The number of carboxylic acids is 1. The molecule has 1 atom stereocenters. The van der Waals surface area contributed by atoms with Crippen molar-refractivity contribution in [1.82, 2.24) is 10.6 Å². The second kappa shape index (κ2) is 10.7. The Morgan fingerprint density at radius 3 is 2.52 bits per heavy atom. The maximum Gasteiger partial charge on any atom is 0.321 e. The zero-order valence-corrected chi connectivity index (χ0v) is 15.9. The van der Waals surface area contributed by atoms with Crippen molar-refractivity contribution in [3.63, 3.8) is 0 Å². The third kappa shape index (κ3) is 7.38. The summed E-state index contributed by atoms with van der Waals surface area (Å²) in [6.45, 7) is 3.60. The first-order valence-electron chi connectivity index (χ1n) is 8.72. The van der Waals surface area contributed by atoms with Crippen LogP contribution in [0.3, 0.4) is 0 Å². The third-order valence-corrected chi connectivity index (χ3v) is 4.41. The predicted octanol–water partition coefficient (Wildman–Crippen LogP) is 2.81. The van der Waals surface area contributed by atoms with E-state index < -0.39 is 12.0 Å². The lowest BCUT2D eigenvalue weighted by Gasteiger charge is -2.15. The average molecular weight is 390 g/mol. The summed E-state index contributed by atoms with van der Waals surface area (Å²) in [5, 5.41) is 18.7. The molecule has 0 unspecified atom stereocenters. The van der Waals surface area contributed by atoms with Crippen LogP contribution in [0.25, 0.3) is 0 Å². The maximum absolute atomic E-state index is 12.1. The molecule has 0 spiro atoms. The van der Waals surface area contributed by atoms with E-state index >= 15 is 0 Å². The first-order chi connectivity index (χ1) is 13.0. The average Bonchev–Trinajstić information content (AvgIpc) is 2.64. The van der Waals surface area contributed by atoms with E-state index in [0.29, 0.717) is 30.3 Å². The van der Waals surface area contributed by atoms with Gasteiger partial charge in [-0.1, -0.05) is 48.0 Å². The van der Waals surface area contributed by atoms with E-state index in [1.165, 1.54) is 0 Å². The van der Waals surface area contributed by atoms with E-state index in [4.69, 9.17) is 11.6 Å². The van der Waals surface area contributed by atoms with Gasteiger partial charge >= 0.3 is 5.97 Å². The smallest absolute Gasteiger partial charge is 0.321 e. The highest BCUT2D eigenvalue weighted by Crippen LogP contribution is 2.20. The number of aliphatic carboxylic acids is 1. The van der Waals surface area contributed by atoms with E-state index in [2.05, 4.69) is 16.0 Å². The Balaban J connectivity index is 1.74. The van der Waals surface area contributed by atoms with E-state index in [1.54, 1.807) is 18.2 Å². The Kier molecular flexibility index (Phi) is 8.26. The van der Waals surface area contributed by atoms with Gasteiger partial charge in [0.2, 0.25) is 5.91 Å². The number of nitrogens with one attached hydrogen (secondary N) is 3. The number of benzene rings is 2. The van der Waals surface area contributed by atoms with Crippen molar-refractivity contribution in [2.75, 3.05) is 18.4 Å². The van der Waals surface area contributed by atoms with Crippen LogP contribution in [0.15, 0.2) is 48.5 Å². The topological polar surface area (TPSA) is 90.5 Å². The molecule has 4 N–H and O–H groups in total. The lowest BCUT2D eigenvalue weighted by molar-refractivity contribution is -0.141. The Hall–Kier alpha value is -2.41. The SMILES string of the molecule is Cc1ccc(NC(=O)C[C@H](NCCNCc2ccccc2)C(=O)O)cc1Cl. The summed E-state index contributed by atoms with van der Waals surface area (Å²) in [7, 11) is 0. The Morgan fingerprint density at radius 2 is 1.85 bits per heavy atom. The van der Waals surface area contributed by atoms with Gasteiger partial charge in [-0.2, -0.15) is 0 Å². The van der Waals surface area contributed by atoms with E-state index in [1.807, 2.05) is 37.3 Å². The van der Waals surface area contributed by atoms with Crippen LogP contribution >= 0.6 is 11.6 Å². The minimum absolute atomic E-state index is 0.167. The number of rotatable bonds is 10. The molecule has 0 heterocycles. The van der Waals surface area contributed by atoms with E-state index in [0.717, 1.165) is 11.1 Å². The zero-order chi connectivity index (χ0) is 19.6. The van der Waals surface area contributed by atoms with Gasteiger partial charge in [-0.15, -0.1) is 0 Å². The Morgan fingerprint density at radius 1 is 1.11 bits per heavy atom. The Labute approximate surface area is 163 Å². The van der Waals surface area contributed by atoms with Gasteiger partial charge in [0.25, 0.3) is 0 Å². The quantitative estimate of drug-likeness (QED) is 0.469. The predicted molar refractivity (Wildman–Crippen MR) is 107 cm³/mol. The molecule has 0 aliphatic carbocycles. The van der Waals surface area contributed by atoms with Crippen LogP contribution in [0, 0.1) is 6.92 Å². The molecule has 0 saturated carbocycles. The van der Waals surface area contributed by atoms with Crippen LogP contribution in [0.1, 0.15) is 17.5 Å². The van der Waals surface area contributed by atoms with Crippen molar-refractivity contribution < 1.29 is 14.7 Å². The van der Waals surface area contributed by atoms with Crippen molar-refractivity contribution in [2.24, 2.45) is 0 Å². The summed E-state index contributed by atoms with van der Waals surface area (Å²) in [6.07, 6.45) is -0.167. The number of aryl methyl sites for hydroxylation is 1. The molecular weight excluding hydrogens is 366 g/mol. The van der Waals surface area contributed by atoms with Gasteiger partial charge < -0.3 is 21.1 Å². The molecule has 0 saturated heterocycles. The normalized spacial score (nSPS) is 11.8. The van der Waals surface area contributed by atoms with Gasteiger partial charge in [0.15, 0.2) is 0 Å². The molecule has 6 nitrogen and oxygen atoms in total. The van der Waals surface area contributed by atoms with E-state index in [9.17, 15) is 14.7 Å². The van der Waals surface area contributed by atoms with Crippen molar-refractivity contribution in [1.29, 1.82) is 0 Å². The van der Waals surface area contributed by atoms with Gasteiger partial charge in [0.05, 0.1) is 6.42 Å². The van der Waals surface area contributed by atoms with Crippen molar-refractivity contribution in [3.05, 3.63) is 64.7 Å². The van der Waals surface area contributed by atoms with Crippen LogP contribution in [0.4, 0.5) is 5.69 Å². The number of carbonyl (C=O) groups excluding carboxylic acids is 1. The van der Waals surface area contributed by atoms with Crippen LogP contribution in [-0.2, 0) is 16.1 Å². The van der Waals surface area contributed by atoms with Crippen LogP contribution in [0.2, 0.25) is 5.02 Å². The monoisotopic (exact) mass is 389 g/mol. The zero-order valence-electron chi connectivity index (χ0n) is 15.2. The summed E-state index contributed by atoms with van der Waals surface area (Å²) in [5.41, 5.74) is 2.61. The van der Waals surface area contributed by atoms with E-state index in [-0.39, 0.29) is 12.3 Å². The number of halogens is 1. The van der Waals surface area contributed by atoms with Gasteiger partial charge in [-0.05, 0) is 30.2 Å². The van der Waals surface area contributed by atoms with Crippen LogP contribution in [0.5, 0.6) is 0 Å². The molecule has 0 bridgehead atoms. The second-order valence-corrected chi connectivity index (χ2v) is 6.63. The second-order valence-electron chi connectivity index (χ2n) is 6.22. The maximum atomic E-state index is 12.1. The molecule has 2 rings (SSSR count). The molecule has 1 amide bonds. The molecule has 27 heavy (non-hydrogen) atoms. The van der Waals surface area contributed by atoms with Gasteiger partial charge in [0, 0.05) is 30.3 Å². The lowest BCUT2D eigenvalue weighted by atomic mass is 10.2. The highest BCUT2D eigenvalue weighted by atomic mass is 35.5. The molecule has 0 radical (unpaired) electrons. The van der Waals surface area contributed by atoms with Crippen LogP contribution in [-0.4, -0.2) is 36.1 Å². The number of amides is 1. The van der Waals surface area contributed by atoms with Gasteiger partial charge in [-0.3, -0.25) is 9.59 Å². The minimum Gasteiger partial charge on any atom is -0.480 e. The molecule has 144 valence electrons. The molecule has 7 heteroatoms. The number of anilines is 1. The van der Waals surface area contributed by atoms with Crippen molar-refractivity contribution in [2.45, 2.75) is 25.9 Å². The first-order valence-corrected chi connectivity index (χ1v) is 9.10. The summed E-state index contributed by atoms with van der Waals surface area (Å²) < 4.78 is 0. The third-order valence-electron chi connectivity index (χ3n) is 4.01. The first kappa shape index (κ1) is 20.9. The fourth-order valence-corrected chi connectivity index (χ4v) is 2.66. The van der Waals surface area contributed by atoms with Crippen molar-refractivity contribution >= 4 is 29.2 Å². The molecule has 0 fully saturated rings. The number of hydrogen-bond acceptors (Lipinski definition) is 4. The fraction of sp³-hybridized carbons (Fsp3) is 0.300. The summed E-state index contributed by atoms with van der Waals surface area (Å²) in [6, 6.07) is 14.1. The van der Waals surface area contributed by atoms with Gasteiger partial charge in [-0.25, -0.2) is 0 Å². The number of hydrogen-bond donors (Lipinski definition) is 4. The number of carbonyl (C=O) groups is 2. The highest BCUT2D eigenvalue weighted by Gasteiger charge is 2.20. The molecule has 0 aromatic heterocycles. The highest BCUT2D eigenvalue weighted by molar-refractivity contribution is 6.31. The number of carboxylic acid groups (broad SMARTS) is 1. The largest absolute Gasteiger partial charge is 0.480 e. The van der Waals surface area contributed by atoms with Crippen LogP contribution < -0.4 is 16.0 Å². The summed E-state index contributed by atoms with van der Waals surface area (Å²) in [5.74, 6) is -1.44.